The molecule has 6 nitrogen and oxygen atoms in total. The Bertz CT molecular complexity index is 814. The van der Waals surface area contributed by atoms with Crippen molar-refractivity contribution < 1.29 is 10.0 Å². The molecule has 0 amide bonds. The molecule has 1 atom stereocenters. The van der Waals surface area contributed by atoms with Gasteiger partial charge in [-0.05, 0) is 23.8 Å². The molecule has 3 rings (SSSR count). The summed E-state index contributed by atoms with van der Waals surface area (Å²) in [6.45, 7) is 0. The molecule has 21 heavy (non-hydrogen) atoms. The third-order valence-electron chi connectivity index (χ3n) is 3.28. The number of halogens is 1. The number of non-ortho nitro benzene ring substituents is 1. The molecule has 0 aliphatic carbocycles. The van der Waals surface area contributed by atoms with Crippen LogP contribution in [0.1, 0.15) is 17.2 Å². The lowest BCUT2D eigenvalue weighted by Gasteiger charge is -2.10. The molecule has 0 fully saturated rings. The standard InChI is InChI=1S/C14H10ClN3O3/c15-13-5-10-11(6-16-12(10)7-17-13)14(19)8-1-3-9(4-2-8)18(20)21/h1-7,14,16,19H. The first-order chi connectivity index (χ1) is 10.1. The molecule has 0 aliphatic heterocycles. The number of rotatable bonds is 3. The van der Waals surface area contributed by atoms with E-state index >= 15 is 0 Å². The number of aliphatic hydroxyl groups excluding tert-OH is 1. The summed E-state index contributed by atoms with van der Waals surface area (Å²) in [4.78, 5) is 17.1. The third kappa shape index (κ3) is 2.46. The van der Waals surface area contributed by atoms with Gasteiger partial charge in [0.25, 0.3) is 5.69 Å². The predicted molar refractivity (Wildman–Crippen MR) is 78.3 cm³/mol. The van der Waals surface area contributed by atoms with Crippen molar-refractivity contribution in [3.63, 3.8) is 0 Å². The number of pyridine rings is 1. The van der Waals surface area contributed by atoms with Gasteiger partial charge in [-0.25, -0.2) is 4.98 Å². The van der Waals surface area contributed by atoms with Gasteiger partial charge in [0.15, 0.2) is 0 Å². The fraction of sp³-hybridized carbons (Fsp3) is 0.0714. The average Bonchev–Trinajstić information content (AvgIpc) is 2.89. The van der Waals surface area contributed by atoms with Crippen molar-refractivity contribution in [1.82, 2.24) is 9.97 Å². The second-order valence-electron chi connectivity index (χ2n) is 4.55. The van der Waals surface area contributed by atoms with E-state index in [-0.39, 0.29) is 5.69 Å². The Labute approximate surface area is 124 Å². The van der Waals surface area contributed by atoms with E-state index in [0.717, 1.165) is 10.9 Å². The SMILES string of the molecule is O=[N+]([O-])c1ccc(C(O)c2c[nH]c3cnc(Cl)cc23)cc1. The third-order valence-corrected chi connectivity index (χ3v) is 3.49. The van der Waals surface area contributed by atoms with Gasteiger partial charge < -0.3 is 10.1 Å². The number of hydrogen-bond donors (Lipinski definition) is 2. The van der Waals surface area contributed by atoms with Crippen LogP contribution in [0.2, 0.25) is 5.15 Å². The van der Waals surface area contributed by atoms with Crippen LogP contribution in [0.5, 0.6) is 0 Å². The van der Waals surface area contributed by atoms with Crippen LogP contribution < -0.4 is 0 Å². The normalized spacial score (nSPS) is 12.5. The lowest BCUT2D eigenvalue weighted by atomic mass is 10.0. The summed E-state index contributed by atoms with van der Waals surface area (Å²) in [7, 11) is 0. The molecule has 3 aromatic rings. The van der Waals surface area contributed by atoms with Gasteiger partial charge in [0.05, 0.1) is 16.6 Å². The Morgan fingerprint density at radius 2 is 2.05 bits per heavy atom. The molecule has 1 aromatic carbocycles. The molecule has 0 bridgehead atoms. The van der Waals surface area contributed by atoms with E-state index in [2.05, 4.69) is 9.97 Å². The number of nitro benzene ring substituents is 1. The highest BCUT2D eigenvalue weighted by Crippen LogP contribution is 2.30. The van der Waals surface area contributed by atoms with E-state index in [1.807, 2.05) is 0 Å². The van der Waals surface area contributed by atoms with Crippen molar-refractivity contribution in [3.8, 4) is 0 Å². The zero-order valence-corrected chi connectivity index (χ0v) is 11.4. The summed E-state index contributed by atoms with van der Waals surface area (Å²) in [5.74, 6) is 0. The number of aliphatic hydroxyl groups is 1. The van der Waals surface area contributed by atoms with Crippen molar-refractivity contribution in [2.75, 3.05) is 0 Å². The molecular formula is C14H10ClN3O3. The van der Waals surface area contributed by atoms with Crippen molar-refractivity contribution in [2.45, 2.75) is 6.10 Å². The summed E-state index contributed by atoms with van der Waals surface area (Å²) in [6, 6.07) is 7.45. The minimum absolute atomic E-state index is 0.0166. The molecule has 7 heteroatoms. The largest absolute Gasteiger partial charge is 0.384 e. The monoisotopic (exact) mass is 303 g/mol. The molecule has 0 aliphatic rings. The van der Waals surface area contributed by atoms with Crippen LogP contribution in [0.3, 0.4) is 0 Å². The summed E-state index contributed by atoms with van der Waals surface area (Å²) >= 11 is 5.87. The second-order valence-corrected chi connectivity index (χ2v) is 4.94. The summed E-state index contributed by atoms with van der Waals surface area (Å²) in [5, 5.41) is 22.2. The van der Waals surface area contributed by atoms with Gasteiger partial charge in [-0.2, -0.15) is 0 Å². The topological polar surface area (TPSA) is 92.0 Å². The molecule has 2 N–H and O–H groups in total. The summed E-state index contributed by atoms with van der Waals surface area (Å²) in [5.41, 5.74) is 1.95. The Hall–Kier alpha value is -2.44. The zero-order valence-electron chi connectivity index (χ0n) is 10.7. The highest BCUT2D eigenvalue weighted by Gasteiger charge is 2.16. The first-order valence-electron chi connectivity index (χ1n) is 6.11. The maximum atomic E-state index is 10.6. The Kier molecular flexibility index (Phi) is 3.32. The fourth-order valence-corrected chi connectivity index (χ4v) is 2.36. The number of aromatic amines is 1. The van der Waals surface area contributed by atoms with Gasteiger partial charge in [0.2, 0.25) is 0 Å². The molecule has 1 unspecified atom stereocenters. The predicted octanol–water partition coefficient (Wildman–Crippen LogP) is 3.21. The maximum absolute atomic E-state index is 10.6. The van der Waals surface area contributed by atoms with Crippen LogP contribution in [0, 0.1) is 10.1 Å². The summed E-state index contributed by atoms with van der Waals surface area (Å²) < 4.78 is 0. The summed E-state index contributed by atoms with van der Waals surface area (Å²) in [6.07, 6.45) is 2.36. The molecule has 2 heterocycles. The first kappa shape index (κ1) is 13.5. The van der Waals surface area contributed by atoms with Crippen LogP contribution >= 0.6 is 11.6 Å². The zero-order chi connectivity index (χ0) is 15.0. The highest BCUT2D eigenvalue weighted by atomic mass is 35.5. The van der Waals surface area contributed by atoms with E-state index < -0.39 is 11.0 Å². The van der Waals surface area contributed by atoms with Crippen LogP contribution in [-0.2, 0) is 0 Å². The number of nitrogens with zero attached hydrogens (tertiary/aromatic N) is 2. The van der Waals surface area contributed by atoms with E-state index in [0.29, 0.717) is 16.3 Å². The number of nitrogens with one attached hydrogen (secondary N) is 1. The number of aromatic nitrogens is 2. The minimum atomic E-state index is -0.905. The van der Waals surface area contributed by atoms with Gasteiger partial charge >= 0.3 is 0 Å². The quantitative estimate of drug-likeness (QED) is 0.441. The van der Waals surface area contributed by atoms with E-state index in [4.69, 9.17) is 11.6 Å². The van der Waals surface area contributed by atoms with Crippen LogP contribution in [0.15, 0.2) is 42.7 Å². The first-order valence-corrected chi connectivity index (χ1v) is 6.49. The number of fused-ring (bicyclic) bond motifs is 1. The lowest BCUT2D eigenvalue weighted by Crippen LogP contribution is -1.99. The molecule has 2 aromatic heterocycles. The molecular weight excluding hydrogens is 294 g/mol. The average molecular weight is 304 g/mol. The van der Waals surface area contributed by atoms with E-state index in [1.54, 1.807) is 18.5 Å². The Morgan fingerprint density at radius 3 is 2.71 bits per heavy atom. The van der Waals surface area contributed by atoms with Crippen molar-refractivity contribution in [3.05, 3.63) is 69.1 Å². The molecule has 106 valence electrons. The number of H-pyrrole nitrogens is 1. The van der Waals surface area contributed by atoms with Gasteiger partial charge in [-0.3, -0.25) is 10.1 Å². The molecule has 0 saturated heterocycles. The number of benzene rings is 1. The minimum Gasteiger partial charge on any atom is -0.384 e. The maximum Gasteiger partial charge on any atom is 0.269 e. The van der Waals surface area contributed by atoms with Crippen LogP contribution in [0.4, 0.5) is 5.69 Å². The molecule has 0 spiro atoms. The lowest BCUT2D eigenvalue weighted by molar-refractivity contribution is -0.384. The van der Waals surface area contributed by atoms with Crippen LogP contribution in [0.25, 0.3) is 10.9 Å². The van der Waals surface area contributed by atoms with Crippen LogP contribution in [-0.4, -0.2) is 20.0 Å². The van der Waals surface area contributed by atoms with Gasteiger partial charge in [0.1, 0.15) is 11.3 Å². The van der Waals surface area contributed by atoms with E-state index in [9.17, 15) is 15.2 Å². The van der Waals surface area contributed by atoms with Crippen molar-refractivity contribution in [1.29, 1.82) is 0 Å². The molecule has 0 saturated carbocycles. The van der Waals surface area contributed by atoms with Gasteiger partial charge in [0, 0.05) is 29.3 Å². The van der Waals surface area contributed by atoms with E-state index in [1.165, 1.54) is 24.3 Å². The molecule has 0 radical (unpaired) electrons. The van der Waals surface area contributed by atoms with Crippen molar-refractivity contribution >= 4 is 28.2 Å². The number of nitro groups is 1. The Balaban J connectivity index is 2.01. The van der Waals surface area contributed by atoms with Crippen molar-refractivity contribution in [2.24, 2.45) is 0 Å². The number of hydrogen-bond acceptors (Lipinski definition) is 4. The van der Waals surface area contributed by atoms with Gasteiger partial charge in [-0.15, -0.1) is 0 Å². The fourth-order valence-electron chi connectivity index (χ4n) is 2.20. The van der Waals surface area contributed by atoms with Gasteiger partial charge in [-0.1, -0.05) is 11.6 Å². The highest BCUT2D eigenvalue weighted by molar-refractivity contribution is 6.30. The second kappa shape index (κ2) is 5.16. The Morgan fingerprint density at radius 1 is 1.33 bits per heavy atom. The smallest absolute Gasteiger partial charge is 0.269 e.